The summed E-state index contributed by atoms with van der Waals surface area (Å²) in [5.41, 5.74) is 5.79. The maximum absolute atomic E-state index is 15.0. The Balaban J connectivity index is 1.26. The van der Waals surface area contributed by atoms with Gasteiger partial charge in [0.25, 0.3) is 0 Å². The minimum atomic E-state index is -0.310. The topological polar surface area (TPSA) is 45.2 Å². The molecule has 0 radical (unpaired) electrons. The summed E-state index contributed by atoms with van der Waals surface area (Å²) < 4.78 is 26.4. The van der Waals surface area contributed by atoms with Gasteiger partial charge in [0.1, 0.15) is 18.1 Å². The second-order valence-electron chi connectivity index (χ2n) is 11.0. The molecule has 3 aromatic rings. The highest BCUT2D eigenvalue weighted by atomic mass is 19.1. The maximum Gasteiger partial charge on any atom is 0.165 e. The van der Waals surface area contributed by atoms with Gasteiger partial charge in [-0.25, -0.2) is 4.39 Å². The van der Waals surface area contributed by atoms with Crippen molar-refractivity contribution >= 4 is 5.69 Å². The average molecular weight is 533 g/mol. The van der Waals surface area contributed by atoms with Gasteiger partial charge in [-0.15, -0.1) is 0 Å². The molecule has 3 aromatic carbocycles. The van der Waals surface area contributed by atoms with Crippen LogP contribution in [0.15, 0.2) is 54.6 Å². The Morgan fingerprint density at radius 2 is 1.79 bits per heavy atom. The van der Waals surface area contributed by atoms with Gasteiger partial charge < -0.3 is 19.5 Å². The van der Waals surface area contributed by atoms with Gasteiger partial charge in [0, 0.05) is 31.9 Å². The largest absolute Gasteiger partial charge is 0.508 e. The smallest absolute Gasteiger partial charge is 0.165 e. The molecule has 0 bridgehead atoms. The highest BCUT2D eigenvalue weighted by molar-refractivity contribution is 5.59. The molecule has 1 aliphatic carbocycles. The number of hydrogen-bond acceptors (Lipinski definition) is 5. The third kappa shape index (κ3) is 6.85. The van der Waals surface area contributed by atoms with Gasteiger partial charge in [0.05, 0.1) is 7.11 Å². The van der Waals surface area contributed by atoms with Gasteiger partial charge in [0.2, 0.25) is 0 Å². The number of benzene rings is 3. The molecule has 1 fully saturated rings. The Bertz CT molecular complexity index is 1260. The fourth-order valence-electron chi connectivity index (χ4n) is 6.10. The number of phenols is 1. The molecule has 5 nitrogen and oxygen atoms in total. The van der Waals surface area contributed by atoms with Crippen LogP contribution in [0.25, 0.3) is 0 Å². The van der Waals surface area contributed by atoms with E-state index in [2.05, 4.69) is 29.0 Å². The van der Waals surface area contributed by atoms with E-state index in [1.807, 2.05) is 24.3 Å². The van der Waals surface area contributed by atoms with E-state index in [1.54, 1.807) is 25.3 Å². The number of methoxy groups -OCH3 is 1. The first-order valence-electron chi connectivity index (χ1n) is 14.3. The van der Waals surface area contributed by atoms with E-state index in [0.29, 0.717) is 30.6 Å². The number of hydrogen-bond donors (Lipinski definition) is 1. The Morgan fingerprint density at radius 3 is 2.56 bits per heavy atom. The van der Waals surface area contributed by atoms with Crippen molar-refractivity contribution in [2.75, 3.05) is 45.3 Å². The first-order chi connectivity index (χ1) is 19.0. The predicted octanol–water partition coefficient (Wildman–Crippen LogP) is 6.70. The maximum atomic E-state index is 15.0. The summed E-state index contributed by atoms with van der Waals surface area (Å²) in [6, 6.07) is 17.3. The molecule has 0 aromatic heterocycles. The fourth-order valence-corrected chi connectivity index (χ4v) is 6.10. The number of anilines is 1. The lowest BCUT2D eigenvalue weighted by atomic mass is 9.79. The van der Waals surface area contributed by atoms with E-state index in [0.717, 1.165) is 55.9 Å². The van der Waals surface area contributed by atoms with Gasteiger partial charge in [-0.1, -0.05) is 31.0 Å². The second-order valence-corrected chi connectivity index (χ2v) is 11.0. The molecule has 1 heterocycles. The number of aromatic hydroxyl groups is 1. The molecule has 1 unspecified atom stereocenters. The van der Waals surface area contributed by atoms with E-state index in [-0.39, 0.29) is 5.82 Å². The van der Waals surface area contributed by atoms with E-state index < -0.39 is 0 Å². The van der Waals surface area contributed by atoms with Crippen LogP contribution < -0.4 is 14.4 Å². The van der Waals surface area contributed by atoms with Crippen molar-refractivity contribution in [2.45, 2.75) is 57.4 Å². The van der Waals surface area contributed by atoms with E-state index >= 15 is 0 Å². The quantitative estimate of drug-likeness (QED) is 0.332. The second kappa shape index (κ2) is 12.7. The zero-order chi connectivity index (χ0) is 27.2. The van der Waals surface area contributed by atoms with Crippen molar-refractivity contribution in [1.29, 1.82) is 0 Å². The Hall–Kier alpha value is -3.25. The third-order valence-electron chi connectivity index (χ3n) is 8.29. The van der Waals surface area contributed by atoms with Crippen molar-refractivity contribution in [3.05, 3.63) is 82.7 Å². The number of ether oxygens (including phenoxy) is 2. The van der Waals surface area contributed by atoms with Crippen LogP contribution in [0.3, 0.4) is 0 Å². The zero-order valence-corrected chi connectivity index (χ0v) is 23.3. The summed E-state index contributed by atoms with van der Waals surface area (Å²) in [6.07, 6.45) is 7.98. The highest BCUT2D eigenvalue weighted by Crippen LogP contribution is 2.40. The van der Waals surface area contributed by atoms with Crippen molar-refractivity contribution < 1.29 is 19.0 Å². The fraction of sp³-hybridized carbons (Fsp3) is 0.455. The molecule has 1 N–H and O–H groups in total. The molecule has 208 valence electrons. The third-order valence-corrected chi connectivity index (χ3v) is 8.29. The number of nitrogens with zero attached hydrogens (tertiary/aromatic N) is 2. The highest BCUT2D eigenvalue weighted by Gasteiger charge is 2.24. The van der Waals surface area contributed by atoms with Gasteiger partial charge in [-0.2, -0.15) is 0 Å². The van der Waals surface area contributed by atoms with Gasteiger partial charge in [0.15, 0.2) is 11.6 Å². The molecule has 5 rings (SSSR count). The SMILES string of the molecule is COc1ccc(C2CCc3cc(O)ccc3C2)c(N(C)Cc2ccc(OCCN3CCCCCC3)c(F)c2)c1. The molecule has 1 atom stereocenters. The molecular weight excluding hydrogens is 491 g/mol. The summed E-state index contributed by atoms with van der Waals surface area (Å²) in [6.45, 7) is 4.14. The van der Waals surface area contributed by atoms with Crippen LogP contribution in [0, 0.1) is 5.82 Å². The van der Waals surface area contributed by atoms with E-state index in [4.69, 9.17) is 9.47 Å². The lowest BCUT2D eigenvalue weighted by Gasteiger charge is -2.30. The van der Waals surface area contributed by atoms with Gasteiger partial charge in [-0.05, 0) is 104 Å². The summed E-state index contributed by atoms with van der Waals surface area (Å²) in [4.78, 5) is 4.60. The van der Waals surface area contributed by atoms with Crippen LogP contribution in [-0.2, 0) is 19.4 Å². The molecule has 2 aliphatic rings. The normalized spacial score (nSPS) is 17.8. The van der Waals surface area contributed by atoms with E-state index in [1.165, 1.54) is 42.4 Å². The zero-order valence-electron chi connectivity index (χ0n) is 23.3. The summed E-state index contributed by atoms with van der Waals surface area (Å²) in [5.74, 6) is 1.52. The van der Waals surface area contributed by atoms with E-state index in [9.17, 15) is 9.50 Å². The van der Waals surface area contributed by atoms with Gasteiger partial charge in [-0.3, -0.25) is 4.90 Å². The summed E-state index contributed by atoms with van der Waals surface area (Å²) >= 11 is 0. The molecule has 6 heteroatoms. The standard InChI is InChI=1S/C33H41FN2O3/c1-35(23-24-7-14-33(31(34)19-24)39-18-17-36-15-5-3-4-6-16-36)32-22-29(38-2)12-13-30(32)27-9-8-26-21-28(37)11-10-25(26)20-27/h7,10-14,19,21-22,27,37H,3-6,8-9,15-18,20,23H2,1-2H3. The molecule has 1 aliphatic heterocycles. The number of phenolic OH excluding ortho intramolecular Hbond substituents is 1. The molecular formula is C33H41FN2O3. The first kappa shape index (κ1) is 27.3. The number of rotatable bonds is 9. The van der Waals surface area contributed by atoms with Crippen molar-refractivity contribution in [1.82, 2.24) is 4.90 Å². The first-order valence-corrected chi connectivity index (χ1v) is 14.3. The Kier molecular flexibility index (Phi) is 8.92. The number of aryl methyl sites for hydroxylation is 1. The molecule has 1 saturated heterocycles. The number of likely N-dealkylation sites (tertiary alicyclic amines) is 1. The monoisotopic (exact) mass is 532 g/mol. The molecule has 0 spiro atoms. The predicted molar refractivity (Wildman–Crippen MR) is 155 cm³/mol. The molecule has 39 heavy (non-hydrogen) atoms. The minimum Gasteiger partial charge on any atom is -0.508 e. The van der Waals surface area contributed by atoms with Crippen LogP contribution in [-0.4, -0.2) is 50.4 Å². The van der Waals surface area contributed by atoms with Crippen LogP contribution in [0.4, 0.5) is 10.1 Å². The summed E-state index contributed by atoms with van der Waals surface area (Å²) in [7, 11) is 3.74. The Labute approximate surface area is 232 Å². The van der Waals surface area contributed by atoms with Crippen molar-refractivity contribution in [3.8, 4) is 17.2 Å². The average Bonchev–Trinajstić information content (AvgIpc) is 3.22. The van der Waals surface area contributed by atoms with Crippen LogP contribution in [0.1, 0.15) is 60.3 Å². The number of fused-ring (bicyclic) bond motifs is 1. The summed E-state index contributed by atoms with van der Waals surface area (Å²) in [5, 5.41) is 9.87. The molecule has 0 amide bonds. The lowest BCUT2D eigenvalue weighted by Crippen LogP contribution is -2.29. The Morgan fingerprint density at radius 1 is 0.974 bits per heavy atom. The number of halogens is 1. The lowest BCUT2D eigenvalue weighted by molar-refractivity contribution is 0.209. The minimum absolute atomic E-state index is 0.310. The molecule has 0 saturated carbocycles. The van der Waals surface area contributed by atoms with Crippen LogP contribution in [0.2, 0.25) is 0 Å². The van der Waals surface area contributed by atoms with Crippen molar-refractivity contribution in [2.24, 2.45) is 0 Å². The van der Waals surface area contributed by atoms with Gasteiger partial charge >= 0.3 is 0 Å². The van der Waals surface area contributed by atoms with Crippen molar-refractivity contribution in [3.63, 3.8) is 0 Å². The van der Waals surface area contributed by atoms with Crippen LogP contribution >= 0.6 is 0 Å². The van der Waals surface area contributed by atoms with Crippen LogP contribution in [0.5, 0.6) is 17.2 Å².